The van der Waals surface area contributed by atoms with E-state index in [0.717, 1.165) is 5.56 Å². The summed E-state index contributed by atoms with van der Waals surface area (Å²) in [6.07, 6.45) is 0.682. The Kier molecular flexibility index (Phi) is 4.14. The number of nitrogens with one attached hydrogen (secondary N) is 3. The van der Waals surface area contributed by atoms with Crippen LogP contribution in [0, 0.1) is 16.0 Å². The van der Waals surface area contributed by atoms with Gasteiger partial charge in [0.05, 0.1) is 4.92 Å². The van der Waals surface area contributed by atoms with Crippen LogP contribution in [0.15, 0.2) is 24.3 Å². The second-order valence-electron chi connectivity index (χ2n) is 4.49. The molecule has 0 radical (unpaired) electrons. The molecule has 0 spiro atoms. The Labute approximate surface area is 120 Å². The highest BCUT2D eigenvalue weighted by molar-refractivity contribution is 7.80. The Morgan fingerprint density at radius 1 is 1.45 bits per heavy atom. The van der Waals surface area contributed by atoms with Crippen LogP contribution in [0.2, 0.25) is 0 Å². The second-order valence-corrected chi connectivity index (χ2v) is 4.90. The molecule has 8 heteroatoms. The van der Waals surface area contributed by atoms with E-state index in [2.05, 4.69) is 16.2 Å². The zero-order valence-electron chi connectivity index (χ0n) is 10.8. The molecule has 1 fully saturated rings. The molecule has 0 heterocycles. The van der Waals surface area contributed by atoms with Crippen molar-refractivity contribution in [3.05, 3.63) is 39.9 Å². The second kappa shape index (κ2) is 5.83. The summed E-state index contributed by atoms with van der Waals surface area (Å²) in [5.74, 6) is -0.317. The van der Waals surface area contributed by atoms with Crippen LogP contribution in [-0.4, -0.2) is 23.0 Å². The lowest BCUT2D eigenvalue weighted by Crippen LogP contribution is -2.46. The van der Waals surface area contributed by atoms with Crippen molar-refractivity contribution in [2.24, 2.45) is 5.92 Å². The van der Waals surface area contributed by atoms with Crippen molar-refractivity contribution in [3.63, 3.8) is 0 Å². The maximum atomic E-state index is 11.8. The van der Waals surface area contributed by atoms with E-state index in [-0.39, 0.29) is 23.4 Å². The van der Waals surface area contributed by atoms with E-state index in [1.807, 2.05) is 0 Å². The number of thiocarbonyl (C=S) groups is 1. The molecule has 3 N–H and O–H groups in total. The first-order valence-corrected chi connectivity index (χ1v) is 6.45. The minimum Gasteiger partial charge on any atom is -0.364 e. The quantitative estimate of drug-likeness (QED) is 0.434. The number of amides is 1. The summed E-state index contributed by atoms with van der Waals surface area (Å²) in [6, 6.07) is 6.39. The zero-order valence-corrected chi connectivity index (χ0v) is 11.6. The number of nitrogens with zero attached hydrogens (tertiary/aromatic N) is 1. The zero-order chi connectivity index (χ0) is 14.7. The van der Waals surface area contributed by atoms with Gasteiger partial charge in [-0.2, -0.15) is 0 Å². The molecule has 106 valence electrons. The number of hydrogen-bond donors (Lipinski definition) is 3. The summed E-state index contributed by atoms with van der Waals surface area (Å²) in [7, 11) is 1.64. The molecule has 0 saturated heterocycles. The van der Waals surface area contributed by atoms with Crippen molar-refractivity contribution in [2.75, 3.05) is 7.05 Å². The first kappa shape index (κ1) is 14.2. The van der Waals surface area contributed by atoms with Crippen molar-refractivity contribution in [2.45, 2.75) is 12.3 Å². The third kappa shape index (κ3) is 3.21. The minimum atomic E-state index is -0.437. The molecule has 1 aromatic carbocycles. The molecule has 0 bridgehead atoms. The molecule has 7 nitrogen and oxygen atoms in total. The number of non-ortho nitro benzene ring substituents is 1. The van der Waals surface area contributed by atoms with Crippen molar-refractivity contribution in [3.8, 4) is 0 Å². The molecule has 1 aliphatic carbocycles. The molecule has 0 aromatic heterocycles. The SMILES string of the molecule is CNC(=S)NNC(=O)[C@@H]1C[C@@H]1c1cccc([N+](=O)[O-])c1. The van der Waals surface area contributed by atoms with E-state index >= 15 is 0 Å². The molecule has 0 aliphatic heterocycles. The van der Waals surface area contributed by atoms with Crippen LogP contribution < -0.4 is 16.2 Å². The third-order valence-electron chi connectivity index (χ3n) is 3.16. The largest absolute Gasteiger partial charge is 0.364 e. The van der Waals surface area contributed by atoms with Gasteiger partial charge in [-0.1, -0.05) is 12.1 Å². The average Bonchev–Trinajstić information content (AvgIpc) is 3.25. The van der Waals surface area contributed by atoms with Gasteiger partial charge in [0.25, 0.3) is 5.69 Å². The van der Waals surface area contributed by atoms with Crippen LogP contribution >= 0.6 is 12.2 Å². The first-order valence-electron chi connectivity index (χ1n) is 6.05. The number of benzene rings is 1. The first-order chi connectivity index (χ1) is 9.52. The van der Waals surface area contributed by atoms with Crippen LogP contribution in [0.4, 0.5) is 5.69 Å². The highest BCUT2D eigenvalue weighted by Crippen LogP contribution is 2.47. The van der Waals surface area contributed by atoms with Crippen molar-refractivity contribution in [1.82, 2.24) is 16.2 Å². The van der Waals surface area contributed by atoms with Crippen molar-refractivity contribution in [1.29, 1.82) is 0 Å². The van der Waals surface area contributed by atoms with E-state index in [9.17, 15) is 14.9 Å². The van der Waals surface area contributed by atoms with Gasteiger partial charge in [0.15, 0.2) is 5.11 Å². The lowest BCUT2D eigenvalue weighted by Gasteiger charge is -2.08. The predicted octanol–water partition coefficient (Wildman–Crippen LogP) is 0.823. The van der Waals surface area contributed by atoms with E-state index in [1.165, 1.54) is 12.1 Å². The molecule has 2 atom stereocenters. The Hall–Kier alpha value is -2.22. The molecule has 1 amide bonds. The fourth-order valence-corrected chi connectivity index (χ4v) is 2.05. The summed E-state index contributed by atoms with van der Waals surface area (Å²) < 4.78 is 0. The van der Waals surface area contributed by atoms with Gasteiger partial charge in [-0.15, -0.1) is 0 Å². The van der Waals surface area contributed by atoms with Gasteiger partial charge in [-0.3, -0.25) is 25.8 Å². The number of nitro groups is 1. The van der Waals surface area contributed by atoms with Crippen LogP contribution in [0.5, 0.6) is 0 Å². The van der Waals surface area contributed by atoms with Gasteiger partial charge in [0.1, 0.15) is 0 Å². The number of rotatable bonds is 3. The number of hydrogen-bond acceptors (Lipinski definition) is 4. The topological polar surface area (TPSA) is 96.3 Å². The van der Waals surface area contributed by atoms with E-state index in [4.69, 9.17) is 12.2 Å². The lowest BCUT2D eigenvalue weighted by molar-refractivity contribution is -0.384. The van der Waals surface area contributed by atoms with E-state index in [0.29, 0.717) is 11.5 Å². The van der Waals surface area contributed by atoms with Gasteiger partial charge in [-0.05, 0) is 30.1 Å². The van der Waals surface area contributed by atoms with Crippen molar-refractivity contribution >= 4 is 28.9 Å². The van der Waals surface area contributed by atoms with Crippen molar-refractivity contribution < 1.29 is 9.72 Å². The summed E-state index contributed by atoms with van der Waals surface area (Å²) in [6.45, 7) is 0. The molecule has 1 saturated carbocycles. The van der Waals surface area contributed by atoms with Gasteiger partial charge >= 0.3 is 0 Å². The smallest absolute Gasteiger partial charge is 0.269 e. The molecule has 2 rings (SSSR count). The molecule has 20 heavy (non-hydrogen) atoms. The van der Waals surface area contributed by atoms with Gasteiger partial charge in [0, 0.05) is 25.1 Å². The van der Waals surface area contributed by atoms with E-state index in [1.54, 1.807) is 19.2 Å². The van der Waals surface area contributed by atoms with Crippen LogP contribution in [0.1, 0.15) is 17.9 Å². The monoisotopic (exact) mass is 294 g/mol. The Morgan fingerprint density at radius 3 is 2.85 bits per heavy atom. The third-order valence-corrected chi connectivity index (χ3v) is 3.47. The number of nitro benzene ring substituents is 1. The van der Waals surface area contributed by atoms with Gasteiger partial charge < -0.3 is 5.32 Å². The summed E-state index contributed by atoms with van der Waals surface area (Å²) in [5, 5.41) is 13.7. The summed E-state index contributed by atoms with van der Waals surface area (Å²) in [5.41, 5.74) is 5.93. The summed E-state index contributed by atoms with van der Waals surface area (Å²) in [4.78, 5) is 22.1. The fourth-order valence-electron chi connectivity index (χ4n) is 2.00. The molecule has 1 aromatic rings. The highest BCUT2D eigenvalue weighted by Gasteiger charge is 2.44. The maximum Gasteiger partial charge on any atom is 0.269 e. The molecule has 1 aliphatic rings. The summed E-state index contributed by atoms with van der Waals surface area (Å²) >= 11 is 4.84. The van der Waals surface area contributed by atoms with Gasteiger partial charge in [0.2, 0.25) is 5.91 Å². The normalized spacial score (nSPS) is 19.9. The lowest BCUT2D eigenvalue weighted by atomic mass is 10.1. The number of carbonyl (C=O) groups excluding carboxylic acids is 1. The van der Waals surface area contributed by atoms with Gasteiger partial charge in [-0.25, -0.2) is 0 Å². The fraction of sp³-hybridized carbons (Fsp3) is 0.333. The number of hydrazine groups is 1. The molecular formula is C12H14N4O3S. The Morgan fingerprint density at radius 2 is 2.20 bits per heavy atom. The predicted molar refractivity (Wildman–Crippen MR) is 76.9 cm³/mol. The van der Waals surface area contributed by atoms with Crippen LogP contribution in [-0.2, 0) is 4.79 Å². The molecule has 0 unspecified atom stereocenters. The van der Waals surface area contributed by atoms with Crippen LogP contribution in [0.3, 0.4) is 0 Å². The maximum absolute atomic E-state index is 11.8. The Balaban J connectivity index is 1.94. The standard InChI is InChI=1S/C12H14N4O3S/c1-13-12(20)15-14-11(17)10-6-9(10)7-3-2-4-8(5-7)16(18)19/h2-5,9-10H,6H2,1H3,(H,14,17)(H2,13,15,20)/t9-,10-/m1/s1. The number of carbonyl (C=O) groups is 1. The highest BCUT2D eigenvalue weighted by atomic mass is 32.1. The van der Waals surface area contributed by atoms with Crippen LogP contribution in [0.25, 0.3) is 0 Å². The average molecular weight is 294 g/mol. The Bertz CT molecular complexity index is 563. The minimum absolute atomic E-state index is 0.0276. The molecular weight excluding hydrogens is 280 g/mol. The van der Waals surface area contributed by atoms with E-state index < -0.39 is 4.92 Å².